The summed E-state index contributed by atoms with van der Waals surface area (Å²) in [6.45, 7) is -2.54. The molecule has 1 N–H and O–H groups in total. The van der Waals surface area contributed by atoms with Crippen molar-refractivity contribution in [2.75, 3.05) is 19.8 Å². The average molecular weight is 313 g/mol. The summed E-state index contributed by atoms with van der Waals surface area (Å²) in [5, 5.41) is 2.88. The Morgan fingerprint density at radius 2 is 1.86 bits per heavy atom. The molecule has 0 heterocycles. The number of rotatable bonds is 8. The Morgan fingerprint density at radius 3 is 2.48 bits per heavy atom. The van der Waals surface area contributed by atoms with Crippen molar-refractivity contribution in [2.45, 2.75) is 25.8 Å². The van der Waals surface area contributed by atoms with E-state index in [4.69, 9.17) is 0 Å². The van der Waals surface area contributed by atoms with Gasteiger partial charge in [-0.05, 0) is 13.0 Å². The Labute approximate surface area is 119 Å². The minimum atomic E-state index is -4.36. The predicted molar refractivity (Wildman–Crippen MR) is 66.4 cm³/mol. The van der Waals surface area contributed by atoms with Crippen LogP contribution >= 0.6 is 0 Å². The van der Waals surface area contributed by atoms with Gasteiger partial charge in [-0.25, -0.2) is 0 Å². The molecule has 0 spiro atoms. The van der Waals surface area contributed by atoms with E-state index in [1.54, 1.807) is 25.1 Å². The largest absolute Gasteiger partial charge is 0.434 e. The lowest BCUT2D eigenvalue weighted by atomic mass is 10.1. The number of halogens is 5. The Balaban J connectivity index is 2.43. The van der Waals surface area contributed by atoms with E-state index in [1.165, 1.54) is 6.07 Å². The molecule has 0 bridgehead atoms. The first-order chi connectivity index (χ1) is 9.79. The Kier molecular flexibility index (Phi) is 6.83. The predicted octanol–water partition coefficient (Wildman–Crippen LogP) is 3.52. The van der Waals surface area contributed by atoms with Gasteiger partial charge in [0.05, 0.1) is 6.61 Å². The van der Waals surface area contributed by atoms with Gasteiger partial charge in [0, 0.05) is 18.2 Å². The van der Waals surface area contributed by atoms with E-state index in [2.05, 4.69) is 14.8 Å². The van der Waals surface area contributed by atoms with Gasteiger partial charge in [0.25, 0.3) is 0 Å². The van der Waals surface area contributed by atoms with Crippen LogP contribution in [0.25, 0.3) is 0 Å². The number of para-hydroxylation sites is 1. The van der Waals surface area contributed by atoms with Crippen molar-refractivity contribution >= 4 is 0 Å². The number of hydrogen-bond acceptors (Lipinski definition) is 3. The highest BCUT2D eigenvalue weighted by atomic mass is 19.4. The molecule has 0 radical (unpaired) electrons. The van der Waals surface area contributed by atoms with Crippen LogP contribution in [0.3, 0.4) is 0 Å². The Morgan fingerprint density at radius 1 is 1.19 bits per heavy atom. The maximum atomic E-state index is 12.3. The second-order valence-corrected chi connectivity index (χ2v) is 4.26. The van der Waals surface area contributed by atoms with E-state index in [-0.39, 0.29) is 24.9 Å². The number of hydrogen-bond donors (Lipinski definition) is 1. The summed E-state index contributed by atoms with van der Waals surface area (Å²) in [5.41, 5.74) is 0.494. The van der Waals surface area contributed by atoms with E-state index in [0.717, 1.165) is 0 Å². The third kappa shape index (κ3) is 7.24. The summed E-state index contributed by atoms with van der Waals surface area (Å²) in [6, 6.07) is 5.85. The molecule has 1 aromatic carbocycles. The molecular formula is C13H16F5NO2. The van der Waals surface area contributed by atoms with Gasteiger partial charge in [0.1, 0.15) is 12.4 Å². The smallest absolute Gasteiger partial charge is 0.411 e. The topological polar surface area (TPSA) is 30.5 Å². The van der Waals surface area contributed by atoms with Gasteiger partial charge in [0.2, 0.25) is 0 Å². The van der Waals surface area contributed by atoms with Gasteiger partial charge >= 0.3 is 12.8 Å². The molecule has 1 atom stereocenters. The van der Waals surface area contributed by atoms with Crippen molar-refractivity contribution in [3.8, 4) is 5.75 Å². The van der Waals surface area contributed by atoms with Crippen LogP contribution < -0.4 is 10.1 Å². The van der Waals surface area contributed by atoms with Crippen molar-refractivity contribution in [2.24, 2.45) is 0 Å². The first-order valence-corrected chi connectivity index (χ1v) is 6.21. The zero-order valence-electron chi connectivity index (χ0n) is 11.3. The summed E-state index contributed by atoms with van der Waals surface area (Å²) >= 11 is 0. The molecule has 8 heteroatoms. The Hall–Kier alpha value is -1.41. The summed E-state index contributed by atoms with van der Waals surface area (Å²) in [7, 11) is 0. The van der Waals surface area contributed by atoms with Crippen molar-refractivity contribution < 1.29 is 31.4 Å². The van der Waals surface area contributed by atoms with Gasteiger partial charge in [-0.2, -0.15) is 22.0 Å². The third-order valence-electron chi connectivity index (χ3n) is 2.56. The zero-order chi connectivity index (χ0) is 15.9. The Bertz CT molecular complexity index is 425. The fourth-order valence-electron chi connectivity index (χ4n) is 1.69. The van der Waals surface area contributed by atoms with E-state index in [0.29, 0.717) is 5.56 Å². The van der Waals surface area contributed by atoms with Crippen molar-refractivity contribution in [3.63, 3.8) is 0 Å². The van der Waals surface area contributed by atoms with Crippen LogP contribution in [0.5, 0.6) is 5.75 Å². The second kappa shape index (κ2) is 8.14. The molecule has 1 aromatic rings. The highest BCUT2D eigenvalue weighted by molar-refractivity contribution is 5.35. The van der Waals surface area contributed by atoms with E-state index < -0.39 is 19.4 Å². The van der Waals surface area contributed by atoms with Gasteiger partial charge < -0.3 is 14.8 Å². The number of nitrogens with one attached hydrogen (secondary N) is 1. The highest BCUT2D eigenvalue weighted by Crippen LogP contribution is 2.26. The van der Waals surface area contributed by atoms with Crippen LogP contribution in [0.1, 0.15) is 18.5 Å². The highest BCUT2D eigenvalue weighted by Gasteiger charge is 2.27. The summed E-state index contributed by atoms with van der Waals surface area (Å²) in [4.78, 5) is 0. The summed E-state index contributed by atoms with van der Waals surface area (Å²) in [6.07, 6.45) is -4.36. The minimum absolute atomic E-state index is 0.0312. The molecule has 0 aliphatic rings. The quantitative estimate of drug-likeness (QED) is 0.588. The molecular weight excluding hydrogens is 297 g/mol. The van der Waals surface area contributed by atoms with Crippen molar-refractivity contribution in [1.82, 2.24) is 5.32 Å². The minimum Gasteiger partial charge on any atom is -0.434 e. The summed E-state index contributed by atoms with van der Waals surface area (Å²) in [5.74, 6) is 0.0312. The van der Waals surface area contributed by atoms with Crippen molar-refractivity contribution in [3.05, 3.63) is 29.8 Å². The molecule has 0 aliphatic heterocycles. The van der Waals surface area contributed by atoms with Crippen LogP contribution in [0, 0.1) is 0 Å². The van der Waals surface area contributed by atoms with Crippen LogP contribution in [0.4, 0.5) is 22.0 Å². The molecule has 0 amide bonds. The van der Waals surface area contributed by atoms with Gasteiger partial charge in [-0.15, -0.1) is 0 Å². The first-order valence-electron chi connectivity index (χ1n) is 6.21. The molecule has 0 aliphatic carbocycles. The van der Waals surface area contributed by atoms with E-state index >= 15 is 0 Å². The fraction of sp³-hybridized carbons (Fsp3) is 0.538. The van der Waals surface area contributed by atoms with E-state index in [1.807, 2.05) is 0 Å². The molecule has 120 valence electrons. The molecule has 3 nitrogen and oxygen atoms in total. The monoisotopic (exact) mass is 313 g/mol. The van der Waals surface area contributed by atoms with E-state index in [9.17, 15) is 22.0 Å². The van der Waals surface area contributed by atoms with Crippen molar-refractivity contribution in [1.29, 1.82) is 0 Å². The van der Waals surface area contributed by atoms with Gasteiger partial charge in [-0.1, -0.05) is 18.2 Å². The number of benzene rings is 1. The maximum Gasteiger partial charge on any atom is 0.411 e. The lowest BCUT2D eigenvalue weighted by Crippen LogP contribution is -2.26. The van der Waals surface area contributed by atoms with Crippen LogP contribution in [-0.4, -0.2) is 32.5 Å². The van der Waals surface area contributed by atoms with Crippen LogP contribution in [0.2, 0.25) is 0 Å². The third-order valence-corrected chi connectivity index (χ3v) is 2.56. The lowest BCUT2D eigenvalue weighted by Gasteiger charge is -2.18. The molecule has 1 unspecified atom stereocenters. The molecule has 0 fully saturated rings. The van der Waals surface area contributed by atoms with Crippen LogP contribution in [-0.2, 0) is 4.74 Å². The van der Waals surface area contributed by atoms with Gasteiger partial charge in [0.15, 0.2) is 0 Å². The molecule has 1 rings (SSSR count). The lowest BCUT2D eigenvalue weighted by molar-refractivity contribution is -0.173. The SMILES string of the molecule is CC(NCCOCC(F)(F)F)c1ccccc1OC(F)F. The normalized spacial score (nSPS) is 13.5. The average Bonchev–Trinajstić information content (AvgIpc) is 2.36. The van der Waals surface area contributed by atoms with Crippen LogP contribution in [0.15, 0.2) is 24.3 Å². The fourth-order valence-corrected chi connectivity index (χ4v) is 1.69. The molecule has 0 saturated carbocycles. The van der Waals surface area contributed by atoms with Gasteiger partial charge in [-0.3, -0.25) is 0 Å². The molecule has 21 heavy (non-hydrogen) atoms. The maximum absolute atomic E-state index is 12.3. The zero-order valence-corrected chi connectivity index (χ0v) is 11.3. The number of ether oxygens (including phenoxy) is 2. The summed E-state index contributed by atoms with van der Waals surface area (Å²) < 4.78 is 68.9. The first kappa shape index (κ1) is 17.6. The molecule has 0 saturated heterocycles. The second-order valence-electron chi connectivity index (χ2n) is 4.26. The number of alkyl halides is 5. The molecule has 0 aromatic heterocycles. The standard InChI is InChI=1S/C13H16F5NO2/c1-9(19-6-7-20-8-13(16,17)18)10-4-2-3-5-11(10)21-12(14)15/h2-5,9,12,19H,6-8H2,1H3.